The lowest BCUT2D eigenvalue weighted by Crippen LogP contribution is -2.33. The Morgan fingerprint density at radius 1 is 1.32 bits per heavy atom. The van der Waals surface area contributed by atoms with Gasteiger partial charge in [0.15, 0.2) is 0 Å². The number of anilines is 1. The fraction of sp³-hybridized carbons (Fsp3) is 0.308. The van der Waals surface area contributed by atoms with Crippen LogP contribution in [-0.4, -0.2) is 33.5 Å². The van der Waals surface area contributed by atoms with Crippen molar-refractivity contribution in [3.8, 4) is 0 Å². The van der Waals surface area contributed by atoms with Crippen molar-refractivity contribution in [2.75, 3.05) is 18.4 Å². The van der Waals surface area contributed by atoms with E-state index in [-0.39, 0.29) is 12.5 Å². The summed E-state index contributed by atoms with van der Waals surface area (Å²) in [6.07, 6.45) is 0. The minimum Gasteiger partial charge on any atom is -0.322 e. The van der Waals surface area contributed by atoms with Crippen LogP contribution in [0.4, 0.5) is 5.69 Å². The normalized spacial score (nSPS) is 11.0. The van der Waals surface area contributed by atoms with Crippen LogP contribution in [0.15, 0.2) is 18.2 Å². The molecule has 1 aromatic heterocycles. The number of halogens is 3. The van der Waals surface area contributed by atoms with Crippen molar-refractivity contribution in [2.24, 2.45) is 0 Å². The molecule has 9 heteroatoms. The summed E-state index contributed by atoms with van der Waals surface area (Å²) in [4.78, 5) is 14.1. The first kappa shape index (κ1) is 17.4. The molecule has 0 aliphatic heterocycles. The first-order valence-electron chi connectivity index (χ1n) is 6.44. The van der Waals surface area contributed by atoms with Gasteiger partial charge in [-0.3, -0.25) is 9.69 Å². The summed E-state index contributed by atoms with van der Waals surface area (Å²) in [5.41, 5.74) is 1.08. The van der Waals surface area contributed by atoms with Crippen molar-refractivity contribution < 1.29 is 4.79 Å². The lowest BCUT2D eigenvalue weighted by atomic mass is 10.3. The standard InChI is InChI=1S/C13H13Cl3N4OS/c1-2-20(6-10-13(16)22-19-18-10)7-11(21)17-12-8(14)4-3-5-9(12)15/h3-5H,2,6-7H2,1H3,(H,17,21). The van der Waals surface area contributed by atoms with Gasteiger partial charge in [-0.25, -0.2) is 0 Å². The number of likely N-dealkylation sites (N-methyl/N-ethyl adjacent to an activating group) is 1. The topological polar surface area (TPSA) is 58.1 Å². The Balaban J connectivity index is 1.99. The average Bonchev–Trinajstić information content (AvgIpc) is 2.87. The summed E-state index contributed by atoms with van der Waals surface area (Å²) in [6.45, 7) is 3.24. The number of amides is 1. The molecule has 1 aromatic carbocycles. The van der Waals surface area contributed by atoms with E-state index in [0.29, 0.717) is 38.9 Å². The summed E-state index contributed by atoms with van der Waals surface area (Å²) in [7, 11) is 0. The summed E-state index contributed by atoms with van der Waals surface area (Å²) in [6, 6.07) is 5.05. The molecular weight excluding hydrogens is 367 g/mol. The molecule has 0 aliphatic carbocycles. The summed E-state index contributed by atoms with van der Waals surface area (Å²) in [5, 5.41) is 7.47. The second kappa shape index (κ2) is 8.08. The third-order valence-corrected chi connectivity index (χ3v) is 4.54. The zero-order valence-electron chi connectivity index (χ0n) is 11.6. The maximum absolute atomic E-state index is 12.2. The maximum atomic E-state index is 12.2. The number of nitrogens with one attached hydrogen (secondary N) is 1. The van der Waals surface area contributed by atoms with E-state index in [1.165, 1.54) is 0 Å². The first-order chi connectivity index (χ1) is 10.5. The number of para-hydroxylation sites is 1. The van der Waals surface area contributed by atoms with Gasteiger partial charge in [-0.05, 0) is 18.7 Å². The Hall–Kier alpha value is -0.920. The minimum atomic E-state index is -0.212. The smallest absolute Gasteiger partial charge is 0.238 e. The van der Waals surface area contributed by atoms with Gasteiger partial charge in [-0.15, -0.1) is 5.10 Å². The van der Waals surface area contributed by atoms with Gasteiger partial charge in [-0.2, -0.15) is 0 Å². The van der Waals surface area contributed by atoms with E-state index < -0.39 is 0 Å². The molecule has 0 unspecified atom stereocenters. The number of carbonyl (C=O) groups is 1. The number of rotatable bonds is 6. The Labute approximate surface area is 147 Å². The van der Waals surface area contributed by atoms with Crippen molar-refractivity contribution in [1.29, 1.82) is 0 Å². The zero-order chi connectivity index (χ0) is 16.1. The first-order valence-corrected chi connectivity index (χ1v) is 8.35. The Morgan fingerprint density at radius 2 is 2.00 bits per heavy atom. The van der Waals surface area contributed by atoms with Crippen molar-refractivity contribution in [1.82, 2.24) is 14.5 Å². The molecule has 1 heterocycles. The molecule has 1 amide bonds. The number of aromatic nitrogens is 2. The van der Waals surface area contributed by atoms with Gasteiger partial charge in [-0.1, -0.05) is 52.3 Å². The van der Waals surface area contributed by atoms with Crippen molar-refractivity contribution in [3.05, 3.63) is 38.3 Å². The summed E-state index contributed by atoms with van der Waals surface area (Å²) >= 11 is 19.2. The number of carbonyl (C=O) groups excluding carboxylic acids is 1. The van der Waals surface area contributed by atoms with Gasteiger partial charge in [0.1, 0.15) is 10.0 Å². The predicted octanol–water partition coefficient (Wildman–Crippen LogP) is 3.96. The number of nitrogens with zero attached hydrogens (tertiary/aromatic N) is 3. The molecule has 0 saturated heterocycles. The highest BCUT2D eigenvalue weighted by atomic mass is 35.5. The van der Waals surface area contributed by atoms with Crippen LogP contribution in [0.1, 0.15) is 12.6 Å². The van der Waals surface area contributed by atoms with E-state index in [2.05, 4.69) is 14.9 Å². The van der Waals surface area contributed by atoms with Gasteiger partial charge in [0, 0.05) is 18.1 Å². The van der Waals surface area contributed by atoms with Crippen LogP contribution in [0.25, 0.3) is 0 Å². The van der Waals surface area contributed by atoms with Crippen LogP contribution in [0.2, 0.25) is 14.4 Å². The molecule has 0 aliphatic rings. The summed E-state index contributed by atoms with van der Waals surface area (Å²) < 4.78 is 4.31. The second-order valence-electron chi connectivity index (χ2n) is 4.44. The maximum Gasteiger partial charge on any atom is 0.238 e. The largest absolute Gasteiger partial charge is 0.322 e. The fourth-order valence-electron chi connectivity index (χ4n) is 1.78. The minimum absolute atomic E-state index is 0.173. The highest BCUT2D eigenvalue weighted by molar-refractivity contribution is 7.10. The molecule has 22 heavy (non-hydrogen) atoms. The van der Waals surface area contributed by atoms with Gasteiger partial charge < -0.3 is 5.32 Å². The van der Waals surface area contributed by atoms with Gasteiger partial charge >= 0.3 is 0 Å². The molecule has 2 aromatic rings. The molecule has 0 saturated carbocycles. The lowest BCUT2D eigenvalue weighted by Gasteiger charge is -2.19. The molecule has 0 radical (unpaired) electrons. The molecule has 0 atom stereocenters. The molecule has 118 valence electrons. The highest BCUT2D eigenvalue weighted by Crippen LogP contribution is 2.29. The Morgan fingerprint density at radius 3 is 2.55 bits per heavy atom. The van der Waals surface area contributed by atoms with Crippen LogP contribution >= 0.6 is 46.3 Å². The number of benzene rings is 1. The SMILES string of the molecule is CCN(CC(=O)Nc1c(Cl)cccc1Cl)Cc1nnsc1Cl. The van der Waals surface area contributed by atoms with E-state index in [1.807, 2.05) is 11.8 Å². The number of hydrogen-bond acceptors (Lipinski definition) is 5. The molecule has 1 N–H and O–H groups in total. The molecule has 0 fully saturated rings. The fourth-order valence-corrected chi connectivity index (χ4v) is 2.89. The molecule has 0 bridgehead atoms. The monoisotopic (exact) mass is 378 g/mol. The van der Waals surface area contributed by atoms with Crippen LogP contribution in [0.3, 0.4) is 0 Å². The van der Waals surface area contributed by atoms with E-state index in [4.69, 9.17) is 34.8 Å². The molecular formula is C13H13Cl3N4OS. The Kier molecular flexibility index (Phi) is 6.40. The van der Waals surface area contributed by atoms with Gasteiger partial charge in [0.25, 0.3) is 0 Å². The number of hydrogen-bond donors (Lipinski definition) is 1. The van der Waals surface area contributed by atoms with Gasteiger partial charge in [0.2, 0.25) is 5.91 Å². The zero-order valence-corrected chi connectivity index (χ0v) is 14.7. The molecule has 0 spiro atoms. The molecule has 2 rings (SSSR count). The third kappa shape index (κ3) is 4.54. The van der Waals surface area contributed by atoms with E-state index in [1.54, 1.807) is 18.2 Å². The molecule has 5 nitrogen and oxygen atoms in total. The lowest BCUT2D eigenvalue weighted by molar-refractivity contribution is -0.117. The highest BCUT2D eigenvalue weighted by Gasteiger charge is 2.15. The summed E-state index contributed by atoms with van der Waals surface area (Å²) in [5.74, 6) is -0.212. The third-order valence-electron chi connectivity index (χ3n) is 2.92. The predicted molar refractivity (Wildman–Crippen MR) is 91.0 cm³/mol. The van der Waals surface area contributed by atoms with E-state index in [9.17, 15) is 4.79 Å². The second-order valence-corrected chi connectivity index (χ2v) is 6.61. The van der Waals surface area contributed by atoms with Crippen LogP contribution in [-0.2, 0) is 11.3 Å². The Bertz CT molecular complexity index is 644. The van der Waals surface area contributed by atoms with Crippen molar-refractivity contribution in [3.63, 3.8) is 0 Å². The van der Waals surface area contributed by atoms with Crippen molar-refractivity contribution >= 4 is 57.9 Å². The van der Waals surface area contributed by atoms with Crippen LogP contribution in [0, 0.1) is 0 Å². The average molecular weight is 380 g/mol. The quantitative estimate of drug-likeness (QED) is 0.825. The van der Waals surface area contributed by atoms with Crippen LogP contribution < -0.4 is 5.32 Å². The van der Waals surface area contributed by atoms with Crippen LogP contribution in [0.5, 0.6) is 0 Å². The van der Waals surface area contributed by atoms with E-state index >= 15 is 0 Å². The van der Waals surface area contributed by atoms with Gasteiger partial charge in [0.05, 0.1) is 22.3 Å². The van der Waals surface area contributed by atoms with Crippen molar-refractivity contribution in [2.45, 2.75) is 13.5 Å². The van der Waals surface area contributed by atoms with E-state index in [0.717, 1.165) is 11.5 Å².